The lowest BCUT2D eigenvalue weighted by atomic mass is 10.5. The van der Waals surface area contributed by atoms with E-state index >= 15 is 0 Å². The summed E-state index contributed by atoms with van der Waals surface area (Å²) in [5.74, 6) is 0. The zero-order valence-corrected chi connectivity index (χ0v) is 7.89. The molecular weight excluding hydrogens is 313 g/mol. The molecule has 0 aliphatic rings. The molecule has 92 valence electrons. The molecule has 0 heterocycles. The molecule has 0 fully saturated rings. The highest BCUT2D eigenvalue weighted by molar-refractivity contribution is 9.10. The highest BCUT2D eigenvalue weighted by atomic mass is 79.9. The third-order valence-corrected chi connectivity index (χ3v) is 1.42. The van der Waals surface area contributed by atoms with E-state index in [2.05, 4.69) is 0 Å². The van der Waals surface area contributed by atoms with E-state index < -0.39 is 28.6 Å². The molecule has 0 aromatic rings. The molecule has 0 N–H and O–H groups in total. The molecule has 0 bridgehead atoms. The van der Waals surface area contributed by atoms with Gasteiger partial charge in [0.1, 0.15) is 0 Å². The van der Waals surface area contributed by atoms with Crippen molar-refractivity contribution in [3.63, 3.8) is 0 Å². The fraction of sp³-hybridized carbons (Fsp3) is 1.00. The summed E-state index contributed by atoms with van der Waals surface area (Å²) in [7, 11) is 0. The maximum absolute atomic E-state index is 12.3. The minimum absolute atomic E-state index is 1.08. The Morgan fingerprint density at radius 3 is 1.13 bits per heavy atom. The normalized spacial score (nSPS) is 17.0. The lowest BCUT2D eigenvalue weighted by molar-refractivity contribution is -0.407. The van der Waals surface area contributed by atoms with Crippen LogP contribution in [0.1, 0.15) is 0 Å². The number of alkyl halides is 10. The summed E-state index contributed by atoms with van der Waals surface area (Å²) >= 11 is 1.08. The van der Waals surface area contributed by atoms with Crippen molar-refractivity contribution in [3.8, 4) is 0 Å². The van der Waals surface area contributed by atoms with Crippen LogP contribution in [0.5, 0.6) is 0 Å². The highest BCUT2D eigenvalue weighted by Crippen LogP contribution is 2.42. The molecule has 1 atom stereocenters. The van der Waals surface area contributed by atoms with Gasteiger partial charge in [-0.3, -0.25) is 0 Å². The Balaban J connectivity index is 5.16. The molecule has 0 rings (SSSR count). The van der Waals surface area contributed by atoms with Crippen LogP contribution < -0.4 is 0 Å². The summed E-state index contributed by atoms with van der Waals surface area (Å²) < 4.78 is 106. The summed E-state index contributed by atoms with van der Waals surface area (Å²) in [5.41, 5.74) is 0. The third kappa shape index (κ3) is 4.05. The van der Waals surface area contributed by atoms with Gasteiger partial charge >= 0.3 is 17.4 Å². The van der Waals surface area contributed by atoms with E-state index in [-0.39, 0.29) is 0 Å². The van der Waals surface area contributed by atoms with Crippen molar-refractivity contribution in [2.75, 3.05) is 0 Å². The Kier molecular flexibility index (Phi) is 3.95. The van der Waals surface area contributed by atoms with E-state index in [4.69, 9.17) is 0 Å². The van der Waals surface area contributed by atoms with Crippen molar-refractivity contribution in [1.82, 2.24) is 4.90 Å². The highest BCUT2D eigenvalue weighted by Gasteiger charge is 2.63. The van der Waals surface area contributed by atoms with Gasteiger partial charge in [0.25, 0.3) is 0 Å². The number of hydrogen-bond donors (Lipinski definition) is 0. The molecule has 0 aromatic heterocycles. The maximum Gasteiger partial charge on any atom is 0.469 e. The first-order valence-corrected chi connectivity index (χ1v) is 3.71. The van der Waals surface area contributed by atoms with E-state index in [0.29, 0.717) is 0 Å². The van der Waals surface area contributed by atoms with Gasteiger partial charge in [0.2, 0.25) is 6.30 Å². The first kappa shape index (κ1) is 14.8. The molecule has 0 amide bonds. The molecule has 1 nitrogen and oxygen atoms in total. The van der Waals surface area contributed by atoms with Gasteiger partial charge in [-0.1, -0.05) is 4.90 Å². The molecule has 0 saturated carbocycles. The lowest BCUT2D eigenvalue weighted by Gasteiger charge is -2.31. The lowest BCUT2D eigenvalue weighted by Crippen LogP contribution is -2.56. The van der Waals surface area contributed by atoms with Gasteiger partial charge in [-0.25, -0.2) is 4.39 Å². The first-order valence-electron chi connectivity index (χ1n) is 2.91. The second-order valence-electron chi connectivity index (χ2n) is 2.18. The van der Waals surface area contributed by atoms with Crippen LogP contribution in [0.3, 0.4) is 0 Å². The van der Waals surface area contributed by atoms with E-state index in [1.807, 2.05) is 0 Å². The summed E-state index contributed by atoms with van der Waals surface area (Å²) in [6.45, 7) is 0. The molecule has 0 saturated heterocycles. The van der Waals surface area contributed by atoms with Crippen molar-refractivity contribution in [1.29, 1.82) is 0 Å². The van der Waals surface area contributed by atoms with E-state index in [1.54, 1.807) is 0 Å². The largest absolute Gasteiger partial charge is 0.469 e. The number of halogens is 10. The van der Waals surface area contributed by atoms with Gasteiger partial charge in [-0.15, -0.1) is 0 Å². The second kappa shape index (κ2) is 4.00. The van der Waals surface area contributed by atoms with E-state index in [0.717, 1.165) is 15.9 Å². The van der Waals surface area contributed by atoms with Crippen molar-refractivity contribution in [2.45, 2.75) is 23.7 Å². The molecule has 0 aromatic carbocycles. The fourth-order valence-electron chi connectivity index (χ4n) is 0.547. The molecular formula is C4HBrF9N. The Bertz CT molecular complexity index is 200. The van der Waals surface area contributed by atoms with Crippen LogP contribution in [0, 0.1) is 0 Å². The summed E-state index contributed by atoms with van der Waals surface area (Å²) in [6, 6.07) is 0. The van der Waals surface area contributed by atoms with Crippen molar-refractivity contribution in [3.05, 3.63) is 0 Å². The average molecular weight is 314 g/mol. The van der Waals surface area contributed by atoms with Crippen LogP contribution in [0.4, 0.5) is 39.5 Å². The second-order valence-corrected chi connectivity index (χ2v) is 3.24. The average Bonchev–Trinajstić information content (AvgIpc) is 1.76. The van der Waals surface area contributed by atoms with Gasteiger partial charge in [-0.05, 0) is 15.9 Å². The topological polar surface area (TPSA) is 3.24 Å². The molecule has 11 heteroatoms. The van der Waals surface area contributed by atoms with E-state index in [1.165, 1.54) is 0 Å². The van der Waals surface area contributed by atoms with Crippen LogP contribution in [-0.4, -0.2) is 28.6 Å². The van der Waals surface area contributed by atoms with Crippen LogP contribution in [-0.2, 0) is 0 Å². The monoisotopic (exact) mass is 313 g/mol. The Labute approximate surface area is 85.0 Å². The van der Waals surface area contributed by atoms with E-state index in [9.17, 15) is 39.5 Å². The number of rotatable bonds is 2. The predicted octanol–water partition coefficient (Wildman–Crippen LogP) is 3.61. The zero-order chi connectivity index (χ0) is 12.7. The summed E-state index contributed by atoms with van der Waals surface area (Å²) in [4.78, 5) is -7.81. The minimum Gasteiger partial charge on any atom is -0.222 e. The standard InChI is InChI=1S/C4HBrF9N/c5-2(7,8)1(6)15(3(9,10)11)4(12,13)14/h1H. The van der Waals surface area contributed by atoms with Crippen molar-refractivity contribution >= 4 is 15.9 Å². The van der Waals surface area contributed by atoms with Gasteiger partial charge in [-0.2, -0.15) is 35.1 Å². The summed E-state index contributed by atoms with van der Waals surface area (Å²) in [6.07, 6.45) is -17.2. The maximum atomic E-state index is 12.3. The molecule has 0 spiro atoms. The Morgan fingerprint density at radius 2 is 1.07 bits per heavy atom. The van der Waals surface area contributed by atoms with Crippen LogP contribution in [0.15, 0.2) is 0 Å². The fourth-order valence-corrected chi connectivity index (χ4v) is 0.752. The van der Waals surface area contributed by atoms with Crippen LogP contribution in [0.2, 0.25) is 0 Å². The predicted molar refractivity (Wildman–Crippen MR) is 32.7 cm³/mol. The molecule has 0 aliphatic heterocycles. The van der Waals surface area contributed by atoms with Gasteiger partial charge in [0.15, 0.2) is 0 Å². The SMILES string of the molecule is FC(N(C(F)(F)F)C(F)(F)F)C(F)(F)Br. The Hall–Kier alpha value is -0.190. The Morgan fingerprint density at radius 1 is 0.800 bits per heavy atom. The minimum atomic E-state index is -6.30. The smallest absolute Gasteiger partial charge is 0.222 e. The molecule has 0 aliphatic carbocycles. The number of nitrogens with zero attached hydrogens (tertiary/aromatic N) is 1. The quantitative estimate of drug-likeness (QED) is 0.428. The number of hydrogen-bond acceptors (Lipinski definition) is 1. The van der Waals surface area contributed by atoms with Gasteiger partial charge < -0.3 is 0 Å². The van der Waals surface area contributed by atoms with Gasteiger partial charge in [0.05, 0.1) is 0 Å². The van der Waals surface area contributed by atoms with Gasteiger partial charge in [0, 0.05) is 0 Å². The van der Waals surface area contributed by atoms with Crippen molar-refractivity contribution in [2.24, 2.45) is 0 Å². The van der Waals surface area contributed by atoms with Crippen LogP contribution in [0.25, 0.3) is 0 Å². The molecule has 0 radical (unpaired) electrons. The van der Waals surface area contributed by atoms with Crippen LogP contribution >= 0.6 is 15.9 Å². The first-order chi connectivity index (χ1) is 6.28. The zero-order valence-electron chi connectivity index (χ0n) is 6.30. The van der Waals surface area contributed by atoms with Crippen molar-refractivity contribution < 1.29 is 39.5 Å². The molecule has 1 unspecified atom stereocenters. The molecule has 15 heavy (non-hydrogen) atoms. The summed E-state index contributed by atoms with van der Waals surface area (Å²) in [5, 5.41) is 0. The third-order valence-electron chi connectivity index (χ3n) is 1.04.